The van der Waals surface area contributed by atoms with Crippen LogP contribution in [0, 0.1) is 11.3 Å². The molecule has 0 aliphatic heterocycles. The highest BCUT2D eigenvalue weighted by Gasteiger charge is 2.18. The van der Waals surface area contributed by atoms with Crippen LogP contribution in [0.4, 0.5) is 5.69 Å². The van der Waals surface area contributed by atoms with Gasteiger partial charge in [-0.1, -0.05) is 56.3 Å². The standard InChI is InChI=1S/C26H23N3O2.C2H6/c1-3-29-24-16-21(31-2)13-14-22(24)23(17-27)26(29)19-9-11-20(12-10-19)28-25(30)15-18-7-5-4-6-8-18;1-2/h4-14,16H,3,15H2,1-2H3,(H,28,30);1-2H3. The van der Waals surface area contributed by atoms with Crippen LogP contribution < -0.4 is 10.1 Å². The zero-order valence-corrected chi connectivity index (χ0v) is 19.6. The average molecular weight is 440 g/mol. The van der Waals surface area contributed by atoms with E-state index in [2.05, 4.69) is 22.9 Å². The number of rotatable bonds is 6. The molecule has 0 atom stereocenters. The van der Waals surface area contributed by atoms with Crippen LogP contribution in [-0.2, 0) is 17.8 Å². The van der Waals surface area contributed by atoms with Gasteiger partial charge in [0.1, 0.15) is 11.8 Å². The molecule has 0 unspecified atom stereocenters. The number of hydrogen-bond donors (Lipinski definition) is 1. The number of nitrogens with zero attached hydrogens (tertiary/aromatic N) is 2. The van der Waals surface area contributed by atoms with Crippen molar-refractivity contribution in [3.8, 4) is 23.1 Å². The van der Waals surface area contributed by atoms with Crippen molar-refractivity contribution in [2.75, 3.05) is 12.4 Å². The van der Waals surface area contributed by atoms with Crippen LogP contribution in [0.15, 0.2) is 72.8 Å². The number of aryl methyl sites for hydroxylation is 1. The number of carbonyl (C=O) groups is 1. The van der Waals surface area contributed by atoms with E-state index < -0.39 is 0 Å². The van der Waals surface area contributed by atoms with Crippen molar-refractivity contribution in [3.63, 3.8) is 0 Å². The summed E-state index contributed by atoms with van der Waals surface area (Å²) in [5.41, 5.74) is 5.10. The highest BCUT2D eigenvalue weighted by atomic mass is 16.5. The number of fused-ring (bicyclic) bond motifs is 1. The first kappa shape index (κ1) is 23.6. The van der Waals surface area contributed by atoms with Crippen LogP contribution in [0.25, 0.3) is 22.2 Å². The zero-order chi connectivity index (χ0) is 23.8. The van der Waals surface area contributed by atoms with E-state index in [-0.39, 0.29) is 5.91 Å². The maximum Gasteiger partial charge on any atom is 0.228 e. The minimum Gasteiger partial charge on any atom is -0.497 e. The topological polar surface area (TPSA) is 67.0 Å². The third-order valence-corrected chi connectivity index (χ3v) is 5.35. The van der Waals surface area contributed by atoms with Gasteiger partial charge in [0.15, 0.2) is 0 Å². The van der Waals surface area contributed by atoms with Gasteiger partial charge in [-0.25, -0.2) is 0 Å². The molecule has 3 aromatic carbocycles. The van der Waals surface area contributed by atoms with Crippen molar-refractivity contribution < 1.29 is 9.53 Å². The molecule has 4 rings (SSSR count). The van der Waals surface area contributed by atoms with Crippen LogP contribution >= 0.6 is 0 Å². The Morgan fingerprint density at radius 2 is 1.73 bits per heavy atom. The normalized spacial score (nSPS) is 10.2. The van der Waals surface area contributed by atoms with Crippen molar-refractivity contribution in [1.29, 1.82) is 5.26 Å². The monoisotopic (exact) mass is 439 g/mol. The van der Waals surface area contributed by atoms with Crippen molar-refractivity contribution in [2.24, 2.45) is 0 Å². The molecule has 4 aromatic rings. The van der Waals surface area contributed by atoms with Gasteiger partial charge in [0, 0.05) is 23.7 Å². The SMILES string of the molecule is CC.CCn1c(-c2ccc(NC(=O)Cc3ccccc3)cc2)c(C#N)c2ccc(OC)cc21. The Morgan fingerprint density at radius 1 is 1.03 bits per heavy atom. The van der Waals surface area contributed by atoms with E-state index in [0.717, 1.165) is 45.7 Å². The molecule has 1 N–H and O–H groups in total. The van der Waals surface area contributed by atoms with Crippen molar-refractivity contribution in [2.45, 2.75) is 33.7 Å². The molecular formula is C28H29N3O2. The van der Waals surface area contributed by atoms with Gasteiger partial charge in [0.2, 0.25) is 5.91 Å². The molecule has 168 valence electrons. The highest BCUT2D eigenvalue weighted by Crippen LogP contribution is 2.35. The van der Waals surface area contributed by atoms with Crippen molar-refractivity contribution in [1.82, 2.24) is 4.57 Å². The number of methoxy groups -OCH3 is 1. The van der Waals surface area contributed by atoms with Gasteiger partial charge in [-0.05, 0) is 42.3 Å². The molecule has 0 aliphatic rings. The maximum atomic E-state index is 12.3. The predicted octanol–water partition coefficient (Wildman–Crippen LogP) is 6.42. The second-order valence-electron chi connectivity index (χ2n) is 7.25. The summed E-state index contributed by atoms with van der Waals surface area (Å²) in [4.78, 5) is 12.3. The van der Waals surface area contributed by atoms with E-state index in [9.17, 15) is 10.1 Å². The third kappa shape index (κ3) is 5.07. The molecule has 0 saturated carbocycles. The first-order chi connectivity index (χ1) is 16.1. The largest absolute Gasteiger partial charge is 0.497 e. The van der Waals surface area contributed by atoms with Gasteiger partial charge in [0.05, 0.1) is 30.3 Å². The number of carbonyl (C=O) groups excluding carboxylic acids is 1. The van der Waals surface area contributed by atoms with Crippen LogP contribution in [0.1, 0.15) is 31.9 Å². The second-order valence-corrected chi connectivity index (χ2v) is 7.25. The zero-order valence-electron chi connectivity index (χ0n) is 19.6. The molecule has 5 heteroatoms. The van der Waals surface area contributed by atoms with Crippen LogP contribution in [-0.4, -0.2) is 17.6 Å². The number of nitriles is 1. The molecule has 0 spiro atoms. The molecule has 33 heavy (non-hydrogen) atoms. The fraction of sp³-hybridized carbons (Fsp3) is 0.214. The maximum absolute atomic E-state index is 12.3. The Kier molecular flexibility index (Phi) is 7.88. The fourth-order valence-electron chi connectivity index (χ4n) is 3.90. The van der Waals surface area contributed by atoms with E-state index in [4.69, 9.17) is 4.74 Å². The quantitative estimate of drug-likeness (QED) is 0.377. The Hall–Kier alpha value is -4.04. The van der Waals surface area contributed by atoms with Gasteiger partial charge >= 0.3 is 0 Å². The lowest BCUT2D eigenvalue weighted by molar-refractivity contribution is -0.115. The third-order valence-electron chi connectivity index (χ3n) is 5.35. The molecule has 5 nitrogen and oxygen atoms in total. The van der Waals surface area contributed by atoms with E-state index in [1.165, 1.54) is 0 Å². The first-order valence-corrected chi connectivity index (χ1v) is 11.2. The molecule has 1 aromatic heterocycles. The Morgan fingerprint density at radius 3 is 2.33 bits per heavy atom. The van der Waals surface area contributed by atoms with E-state index in [1.807, 2.05) is 86.6 Å². The average Bonchev–Trinajstić information content (AvgIpc) is 3.18. The highest BCUT2D eigenvalue weighted by molar-refractivity contribution is 5.96. The van der Waals surface area contributed by atoms with Crippen molar-refractivity contribution in [3.05, 3.63) is 83.9 Å². The summed E-state index contributed by atoms with van der Waals surface area (Å²) in [6.07, 6.45) is 0.326. The summed E-state index contributed by atoms with van der Waals surface area (Å²) in [5, 5.41) is 13.7. The summed E-state index contributed by atoms with van der Waals surface area (Å²) >= 11 is 0. The van der Waals surface area contributed by atoms with Crippen LogP contribution in [0.3, 0.4) is 0 Å². The van der Waals surface area contributed by atoms with Crippen molar-refractivity contribution >= 4 is 22.5 Å². The summed E-state index contributed by atoms with van der Waals surface area (Å²) in [6, 6.07) is 25.4. The van der Waals surface area contributed by atoms with E-state index >= 15 is 0 Å². The fourth-order valence-corrected chi connectivity index (χ4v) is 3.90. The summed E-state index contributed by atoms with van der Waals surface area (Å²) in [6.45, 7) is 6.78. The van der Waals surface area contributed by atoms with Crippen LogP contribution in [0.5, 0.6) is 5.75 Å². The number of amides is 1. The summed E-state index contributed by atoms with van der Waals surface area (Å²) < 4.78 is 7.49. The number of aromatic nitrogens is 1. The molecular weight excluding hydrogens is 410 g/mol. The number of nitrogens with one attached hydrogen (secondary N) is 1. The molecule has 0 fully saturated rings. The number of hydrogen-bond acceptors (Lipinski definition) is 3. The number of anilines is 1. The predicted molar refractivity (Wildman–Crippen MR) is 134 cm³/mol. The summed E-state index contributed by atoms with van der Waals surface area (Å²) in [5.74, 6) is 0.693. The Bertz CT molecular complexity index is 1270. The molecule has 0 bridgehead atoms. The van der Waals surface area contributed by atoms with Gasteiger partial charge in [-0.3, -0.25) is 4.79 Å². The Labute approximate surface area is 195 Å². The minimum atomic E-state index is -0.0635. The lowest BCUT2D eigenvalue weighted by atomic mass is 10.1. The second kappa shape index (κ2) is 11.0. The van der Waals surface area contributed by atoms with Gasteiger partial charge in [0.25, 0.3) is 0 Å². The molecule has 0 saturated heterocycles. The molecule has 1 heterocycles. The first-order valence-electron chi connectivity index (χ1n) is 11.2. The van der Waals surface area contributed by atoms with Gasteiger partial charge < -0.3 is 14.6 Å². The van der Waals surface area contributed by atoms with Gasteiger partial charge in [-0.15, -0.1) is 0 Å². The minimum absolute atomic E-state index is 0.0635. The number of ether oxygens (including phenoxy) is 1. The van der Waals surface area contributed by atoms with E-state index in [1.54, 1.807) is 7.11 Å². The Balaban J connectivity index is 0.00000149. The molecule has 0 aliphatic carbocycles. The number of benzene rings is 3. The molecule has 1 amide bonds. The smallest absolute Gasteiger partial charge is 0.228 e. The van der Waals surface area contributed by atoms with Gasteiger partial charge in [-0.2, -0.15) is 5.26 Å². The lowest BCUT2D eigenvalue weighted by Crippen LogP contribution is -2.14. The molecule has 0 radical (unpaired) electrons. The summed E-state index contributed by atoms with van der Waals surface area (Å²) in [7, 11) is 1.64. The lowest BCUT2D eigenvalue weighted by Gasteiger charge is -2.11. The van der Waals surface area contributed by atoms with Crippen LogP contribution in [0.2, 0.25) is 0 Å². The van der Waals surface area contributed by atoms with E-state index in [0.29, 0.717) is 12.0 Å².